The Morgan fingerprint density at radius 1 is 1.38 bits per heavy atom. The van der Waals surface area contributed by atoms with Crippen molar-refractivity contribution in [3.8, 4) is 0 Å². The number of nitrogens with one attached hydrogen (secondary N) is 1. The summed E-state index contributed by atoms with van der Waals surface area (Å²) in [5.74, 6) is -0.591. The van der Waals surface area contributed by atoms with Crippen LogP contribution >= 0.6 is 11.3 Å². The number of pyridine rings is 1. The van der Waals surface area contributed by atoms with Gasteiger partial charge in [-0.15, -0.1) is 11.3 Å². The molecule has 2 aromatic rings. The molecule has 0 bridgehead atoms. The van der Waals surface area contributed by atoms with E-state index in [4.69, 9.17) is 0 Å². The average molecular weight is 258 g/mol. The molecule has 0 aromatic carbocycles. The van der Waals surface area contributed by atoms with E-state index in [1.165, 1.54) is 12.3 Å². The fraction of sp³-hybridized carbons (Fsp3) is 0. The second kappa shape index (κ2) is 4.18. The standard InChI is InChI=1S/C9H7FN2O2S2/c10-7-4-8(6-11-5-7)12-16(13,14)9-2-1-3-15-9/h1-6,12H. The highest BCUT2D eigenvalue weighted by atomic mass is 32.2. The predicted molar refractivity (Wildman–Crippen MR) is 59.3 cm³/mol. The van der Waals surface area contributed by atoms with Crippen molar-refractivity contribution in [1.82, 2.24) is 4.98 Å². The molecule has 0 aliphatic heterocycles. The van der Waals surface area contributed by atoms with Crippen LogP contribution in [0.2, 0.25) is 0 Å². The van der Waals surface area contributed by atoms with Crippen LogP contribution in [0.4, 0.5) is 10.1 Å². The first-order valence-corrected chi connectivity index (χ1v) is 6.61. The number of aromatic nitrogens is 1. The van der Waals surface area contributed by atoms with Crippen LogP contribution < -0.4 is 4.72 Å². The molecule has 0 saturated heterocycles. The van der Waals surface area contributed by atoms with Crippen LogP contribution in [0.15, 0.2) is 40.2 Å². The van der Waals surface area contributed by atoms with Crippen LogP contribution in [0.1, 0.15) is 0 Å². The zero-order valence-electron chi connectivity index (χ0n) is 7.92. The minimum atomic E-state index is -3.62. The van der Waals surface area contributed by atoms with E-state index >= 15 is 0 Å². The number of hydrogen-bond donors (Lipinski definition) is 1. The molecule has 0 unspecified atom stereocenters. The molecule has 0 aliphatic rings. The highest BCUT2D eigenvalue weighted by Gasteiger charge is 2.15. The van der Waals surface area contributed by atoms with Gasteiger partial charge in [0.15, 0.2) is 0 Å². The molecule has 2 aromatic heterocycles. The van der Waals surface area contributed by atoms with Gasteiger partial charge in [-0.25, -0.2) is 12.8 Å². The van der Waals surface area contributed by atoms with Gasteiger partial charge >= 0.3 is 0 Å². The van der Waals surface area contributed by atoms with Gasteiger partial charge in [0.1, 0.15) is 10.0 Å². The third-order valence-electron chi connectivity index (χ3n) is 1.72. The van der Waals surface area contributed by atoms with Crippen molar-refractivity contribution in [1.29, 1.82) is 0 Å². The van der Waals surface area contributed by atoms with Crippen molar-refractivity contribution in [2.24, 2.45) is 0 Å². The molecule has 1 N–H and O–H groups in total. The van der Waals surface area contributed by atoms with Gasteiger partial charge in [0, 0.05) is 6.07 Å². The van der Waals surface area contributed by atoms with Crippen LogP contribution in [0, 0.1) is 5.82 Å². The van der Waals surface area contributed by atoms with Crippen LogP contribution in [-0.2, 0) is 10.0 Å². The predicted octanol–water partition coefficient (Wildman–Crippen LogP) is 2.08. The second-order valence-corrected chi connectivity index (χ2v) is 5.79. The Bertz CT molecular complexity index is 581. The maximum Gasteiger partial charge on any atom is 0.271 e. The number of hydrogen-bond acceptors (Lipinski definition) is 4. The molecule has 7 heteroatoms. The smallest absolute Gasteiger partial charge is 0.271 e. The van der Waals surface area contributed by atoms with Crippen molar-refractivity contribution in [3.63, 3.8) is 0 Å². The van der Waals surface area contributed by atoms with E-state index in [0.717, 1.165) is 23.6 Å². The zero-order valence-corrected chi connectivity index (χ0v) is 9.56. The summed E-state index contributed by atoms with van der Waals surface area (Å²) < 4.78 is 38.7. The normalized spacial score (nSPS) is 11.3. The molecule has 0 radical (unpaired) electrons. The van der Waals surface area contributed by atoms with Gasteiger partial charge in [0.25, 0.3) is 10.0 Å². The summed E-state index contributed by atoms with van der Waals surface area (Å²) in [4.78, 5) is 3.55. The molecule has 0 amide bonds. The Balaban J connectivity index is 2.29. The van der Waals surface area contributed by atoms with Gasteiger partial charge in [0.05, 0.1) is 18.1 Å². The van der Waals surface area contributed by atoms with E-state index in [0.29, 0.717) is 0 Å². The van der Waals surface area contributed by atoms with Crippen LogP contribution in [0.25, 0.3) is 0 Å². The average Bonchev–Trinajstić information content (AvgIpc) is 2.69. The Kier molecular flexibility index (Phi) is 2.88. The third-order valence-corrected chi connectivity index (χ3v) is 4.50. The van der Waals surface area contributed by atoms with Gasteiger partial charge in [-0.3, -0.25) is 9.71 Å². The van der Waals surface area contributed by atoms with E-state index in [-0.39, 0.29) is 9.90 Å². The minimum Gasteiger partial charge on any atom is -0.277 e. The summed E-state index contributed by atoms with van der Waals surface area (Å²) in [6, 6.07) is 4.17. The molecular formula is C9H7FN2O2S2. The Hall–Kier alpha value is -1.47. The zero-order chi connectivity index (χ0) is 11.6. The molecular weight excluding hydrogens is 251 g/mol. The van der Waals surface area contributed by atoms with Crippen molar-refractivity contribution >= 4 is 27.0 Å². The largest absolute Gasteiger partial charge is 0.277 e. The lowest BCUT2D eigenvalue weighted by Crippen LogP contribution is -2.11. The highest BCUT2D eigenvalue weighted by Crippen LogP contribution is 2.19. The quantitative estimate of drug-likeness (QED) is 0.917. The van der Waals surface area contributed by atoms with Gasteiger partial charge in [-0.05, 0) is 11.4 Å². The lowest BCUT2D eigenvalue weighted by molar-refractivity contribution is 0.603. The fourth-order valence-corrected chi connectivity index (χ4v) is 3.12. The van der Waals surface area contributed by atoms with E-state index in [2.05, 4.69) is 9.71 Å². The highest BCUT2D eigenvalue weighted by molar-refractivity contribution is 7.94. The number of sulfonamides is 1. The molecule has 0 atom stereocenters. The first-order valence-electron chi connectivity index (χ1n) is 4.25. The van der Waals surface area contributed by atoms with Gasteiger partial charge in [0.2, 0.25) is 0 Å². The fourth-order valence-electron chi connectivity index (χ4n) is 1.09. The van der Waals surface area contributed by atoms with E-state index < -0.39 is 15.8 Å². The lowest BCUT2D eigenvalue weighted by atomic mass is 10.4. The van der Waals surface area contributed by atoms with Crippen molar-refractivity contribution < 1.29 is 12.8 Å². The number of anilines is 1. The summed E-state index contributed by atoms with van der Waals surface area (Å²) in [6.45, 7) is 0. The summed E-state index contributed by atoms with van der Waals surface area (Å²) in [5.41, 5.74) is 0.105. The van der Waals surface area contributed by atoms with Gasteiger partial charge in [-0.1, -0.05) is 6.07 Å². The van der Waals surface area contributed by atoms with Crippen molar-refractivity contribution in [3.05, 3.63) is 41.8 Å². The summed E-state index contributed by atoms with van der Waals surface area (Å²) in [5, 5.41) is 1.65. The number of rotatable bonds is 3. The van der Waals surface area contributed by atoms with E-state index in [9.17, 15) is 12.8 Å². The monoisotopic (exact) mass is 258 g/mol. The molecule has 0 aliphatic carbocycles. The number of halogens is 1. The Morgan fingerprint density at radius 3 is 2.81 bits per heavy atom. The summed E-state index contributed by atoms with van der Waals surface area (Å²) in [6.07, 6.45) is 2.25. The number of thiophene rings is 1. The first-order chi connectivity index (χ1) is 7.58. The topological polar surface area (TPSA) is 59.1 Å². The maximum absolute atomic E-state index is 12.8. The number of nitrogens with zero attached hydrogens (tertiary/aromatic N) is 1. The minimum absolute atomic E-state index is 0.105. The molecule has 84 valence electrons. The SMILES string of the molecule is O=S(=O)(Nc1cncc(F)c1)c1cccs1. The summed E-state index contributed by atoms with van der Waals surface area (Å²) >= 11 is 1.09. The maximum atomic E-state index is 12.8. The first kappa shape index (κ1) is 11.0. The molecule has 0 fully saturated rings. The summed E-state index contributed by atoms with van der Waals surface area (Å²) in [7, 11) is -3.62. The van der Waals surface area contributed by atoms with Crippen LogP contribution in [0.3, 0.4) is 0 Å². The Labute approximate surface area is 95.8 Å². The van der Waals surface area contributed by atoms with Gasteiger partial charge < -0.3 is 0 Å². The van der Waals surface area contributed by atoms with Crippen molar-refractivity contribution in [2.75, 3.05) is 4.72 Å². The van der Waals surface area contributed by atoms with Crippen LogP contribution in [0.5, 0.6) is 0 Å². The molecule has 16 heavy (non-hydrogen) atoms. The molecule has 2 heterocycles. The van der Waals surface area contributed by atoms with E-state index in [1.807, 2.05) is 0 Å². The lowest BCUT2D eigenvalue weighted by Gasteiger charge is -2.04. The van der Waals surface area contributed by atoms with E-state index in [1.54, 1.807) is 11.4 Å². The molecule has 4 nitrogen and oxygen atoms in total. The van der Waals surface area contributed by atoms with Crippen molar-refractivity contribution in [2.45, 2.75) is 4.21 Å². The molecule has 2 rings (SSSR count). The van der Waals surface area contributed by atoms with Gasteiger partial charge in [-0.2, -0.15) is 0 Å². The van der Waals surface area contributed by atoms with Crippen LogP contribution in [-0.4, -0.2) is 13.4 Å². The second-order valence-electron chi connectivity index (χ2n) is 2.93. The Morgan fingerprint density at radius 2 is 2.19 bits per heavy atom. The third kappa shape index (κ3) is 2.37. The molecule has 0 saturated carbocycles. The molecule has 0 spiro atoms.